The van der Waals surface area contributed by atoms with Crippen molar-refractivity contribution in [1.29, 1.82) is 0 Å². The number of sulfonamides is 1. The first-order valence-electron chi connectivity index (χ1n) is 10.1. The number of para-hydroxylation sites is 2. The average molecular weight is 427 g/mol. The number of rotatable bonds is 6. The lowest BCUT2D eigenvalue weighted by Gasteiger charge is -2.36. The van der Waals surface area contributed by atoms with Crippen LogP contribution in [0.1, 0.15) is 6.92 Å². The molecule has 0 aromatic heterocycles. The lowest BCUT2D eigenvalue weighted by Crippen LogP contribution is -2.48. The predicted molar refractivity (Wildman–Crippen MR) is 119 cm³/mol. The molecule has 0 aliphatic carbocycles. The van der Waals surface area contributed by atoms with Gasteiger partial charge in [-0.1, -0.05) is 36.4 Å². The van der Waals surface area contributed by atoms with Gasteiger partial charge in [0.25, 0.3) is 0 Å². The number of anilines is 1. The van der Waals surface area contributed by atoms with Crippen molar-refractivity contribution in [3.8, 4) is 11.5 Å². The SMILES string of the molecule is CCOc1ccc(S(=O)(=O)N2CCN(c3ccccc3OC)CC2)c2ccccc12. The standard InChI is InChI=1S/C23H26N2O4S/c1-3-29-21-12-13-23(19-9-5-4-8-18(19)21)30(26,27)25-16-14-24(15-17-25)20-10-6-7-11-22(20)28-2/h4-13H,3,14-17H2,1-2H3. The second kappa shape index (κ2) is 8.53. The minimum atomic E-state index is -3.62. The molecule has 1 aliphatic rings. The number of hydrogen-bond acceptors (Lipinski definition) is 5. The molecular formula is C23H26N2O4S. The van der Waals surface area contributed by atoms with Gasteiger partial charge >= 0.3 is 0 Å². The van der Waals surface area contributed by atoms with E-state index in [2.05, 4.69) is 4.90 Å². The Bertz CT molecular complexity index is 1140. The molecule has 30 heavy (non-hydrogen) atoms. The Balaban J connectivity index is 1.61. The van der Waals surface area contributed by atoms with Crippen LogP contribution in [0.3, 0.4) is 0 Å². The molecule has 0 atom stereocenters. The zero-order valence-corrected chi connectivity index (χ0v) is 18.1. The second-order valence-electron chi connectivity index (χ2n) is 7.10. The molecule has 7 heteroatoms. The third kappa shape index (κ3) is 3.70. The molecule has 0 radical (unpaired) electrons. The van der Waals surface area contributed by atoms with Crippen molar-refractivity contribution in [2.24, 2.45) is 0 Å². The number of nitrogens with zero attached hydrogens (tertiary/aromatic N) is 2. The molecule has 3 aromatic carbocycles. The highest BCUT2D eigenvalue weighted by atomic mass is 32.2. The van der Waals surface area contributed by atoms with Gasteiger partial charge in [-0.3, -0.25) is 0 Å². The van der Waals surface area contributed by atoms with Gasteiger partial charge in [0.1, 0.15) is 11.5 Å². The van der Waals surface area contributed by atoms with E-state index in [4.69, 9.17) is 9.47 Å². The molecule has 0 bridgehead atoms. The molecule has 1 fully saturated rings. The van der Waals surface area contributed by atoms with E-state index in [1.54, 1.807) is 23.5 Å². The molecule has 4 rings (SSSR count). The highest BCUT2D eigenvalue weighted by molar-refractivity contribution is 7.89. The molecule has 0 N–H and O–H groups in total. The Morgan fingerprint density at radius 1 is 0.833 bits per heavy atom. The molecule has 1 heterocycles. The molecule has 0 unspecified atom stereocenters. The quantitative estimate of drug-likeness (QED) is 0.601. The summed E-state index contributed by atoms with van der Waals surface area (Å²) in [5.74, 6) is 1.50. The lowest BCUT2D eigenvalue weighted by atomic mass is 10.1. The van der Waals surface area contributed by atoms with E-state index in [1.165, 1.54) is 0 Å². The van der Waals surface area contributed by atoms with Crippen LogP contribution in [0.15, 0.2) is 65.6 Å². The van der Waals surface area contributed by atoms with Crippen LogP contribution >= 0.6 is 0 Å². The summed E-state index contributed by atoms with van der Waals surface area (Å²) in [4.78, 5) is 2.49. The van der Waals surface area contributed by atoms with Crippen LogP contribution in [0.2, 0.25) is 0 Å². The maximum absolute atomic E-state index is 13.5. The second-order valence-corrected chi connectivity index (χ2v) is 9.01. The highest BCUT2D eigenvalue weighted by Gasteiger charge is 2.30. The van der Waals surface area contributed by atoms with Gasteiger partial charge in [0.2, 0.25) is 10.0 Å². The van der Waals surface area contributed by atoms with Gasteiger partial charge in [0, 0.05) is 37.0 Å². The van der Waals surface area contributed by atoms with Gasteiger partial charge in [-0.2, -0.15) is 4.31 Å². The number of benzene rings is 3. The first-order chi connectivity index (χ1) is 14.6. The Morgan fingerprint density at radius 3 is 2.20 bits per heavy atom. The smallest absolute Gasteiger partial charge is 0.243 e. The Kier molecular flexibility index (Phi) is 5.83. The van der Waals surface area contributed by atoms with Crippen LogP contribution in [0, 0.1) is 0 Å². The zero-order valence-electron chi connectivity index (χ0n) is 17.2. The van der Waals surface area contributed by atoms with Crippen molar-refractivity contribution in [2.75, 3.05) is 44.8 Å². The zero-order chi connectivity index (χ0) is 21.1. The van der Waals surface area contributed by atoms with Crippen molar-refractivity contribution < 1.29 is 17.9 Å². The van der Waals surface area contributed by atoms with Crippen LogP contribution in [-0.4, -0.2) is 52.6 Å². The molecule has 0 saturated carbocycles. The highest BCUT2D eigenvalue weighted by Crippen LogP contribution is 2.34. The van der Waals surface area contributed by atoms with E-state index < -0.39 is 10.0 Å². The molecule has 1 saturated heterocycles. The van der Waals surface area contributed by atoms with Gasteiger partial charge in [0.05, 0.1) is 24.3 Å². The molecular weight excluding hydrogens is 400 g/mol. The first kappa shape index (κ1) is 20.5. The van der Waals surface area contributed by atoms with Gasteiger partial charge in [-0.15, -0.1) is 0 Å². The molecule has 158 valence electrons. The summed E-state index contributed by atoms with van der Waals surface area (Å²) in [7, 11) is -1.97. The van der Waals surface area contributed by atoms with E-state index in [0.717, 1.165) is 16.8 Å². The summed E-state index contributed by atoms with van der Waals surface area (Å²) in [6, 6.07) is 18.7. The molecule has 0 amide bonds. The van der Waals surface area contributed by atoms with E-state index in [0.29, 0.717) is 48.8 Å². The number of piperazine rings is 1. The van der Waals surface area contributed by atoms with Crippen molar-refractivity contribution >= 4 is 26.5 Å². The van der Waals surface area contributed by atoms with Crippen LogP contribution in [0.4, 0.5) is 5.69 Å². The van der Waals surface area contributed by atoms with Crippen molar-refractivity contribution in [1.82, 2.24) is 4.31 Å². The summed E-state index contributed by atoms with van der Waals surface area (Å²) in [5, 5.41) is 1.50. The summed E-state index contributed by atoms with van der Waals surface area (Å²) < 4.78 is 39.7. The molecule has 6 nitrogen and oxygen atoms in total. The van der Waals surface area contributed by atoms with Crippen LogP contribution in [0.5, 0.6) is 11.5 Å². The average Bonchev–Trinajstić information content (AvgIpc) is 2.79. The summed E-state index contributed by atoms with van der Waals surface area (Å²) in [6.45, 7) is 4.49. The third-order valence-corrected chi connectivity index (χ3v) is 7.38. The largest absolute Gasteiger partial charge is 0.495 e. The minimum Gasteiger partial charge on any atom is -0.495 e. The van der Waals surface area contributed by atoms with Gasteiger partial charge in [-0.25, -0.2) is 8.42 Å². The van der Waals surface area contributed by atoms with Gasteiger partial charge in [0.15, 0.2) is 0 Å². The normalized spacial score (nSPS) is 15.3. The summed E-state index contributed by atoms with van der Waals surface area (Å²) >= 11 is 0. The Hall–Kier alpha value is -2.77. The van der Waals surface area contributed by atoms with Crippen molar-refractivity contribution in [2.45, 2.75) is 11.8 Å². The maximum atomic E-state index is 13.5. The fourth-order valence-electron chi connectivity index (χ4n) is 3.95. The fraction of sp³-hybridized carbons (Fsp3) is 0.304. The van der Waals surface area contributed by atoms with E-state index in [-0.39, 0.29) is 0 Å². The molecule has 3 aromatic rings. The van der Waals surface area contributed by atoms with E-state index in [9.17, 15) is 8.42 Å². The van der Waals surface area contributed by atoms with E-state index in [1.807, 2.05) is 55.5 Å². The van der Waals surface area contributed by atoms with Gasteiger partial charge < -0.3 is 14.4 Å². The number of methoxy groups -OCH3 is 1. The number of ether oxygens (including phenoxy) is 2. The Morgan fingerprint density at radius 2 is 1.50 bits per heavy atom. The summed E-state index contributed by atoms with van der Waals surface area (Å²) in [5.41, 5.74) is 0.989. The lowest BCUT2D eigenvalue weighted by molar-refractivity contribution is 0.344. The summed E-state index contributed by atoms with van der Waals surface area (Å²) in [6.07, 6.45) is 0. The fourth-order valence-corrected chi connectivity index (χ4v) is 5.57. The minimum absolute atomic E-state index is 0.326. The number of hydrogen-bond donors (Lipinski definition) is 0. The maximum Gasteiger partial charge on any atom is 0.243 e. The third-order valence-electron chi connectivity index (χ3n) is 5.43. The first-order valence-corrected chi connectivity index (χ1v) is 11.5. The molecule has 0 spiro atoms. The van der Waals surface area contributed by atoms with Crippen LogP contribution < -0.4 is 14.4 Å². The number of fused-ring (bicyclic) bond motifs is 1. The predicted octanol–water partition coefficient (Wildman–Crippen LogP) is 3.76. The van der Waals surface area contributed by atoms with Gasteiger partial charge in [-0.05, 0) is 31.2 Å². The Labute approximate surface area is 177 Å². The van der Waals surface area contributed by atoms with Crippen molar-refractivity contribution in [3.63, 3.8) is 0 Å². The van der Waals surface area contributed by atoms with Crippen LogP contribution in [-0.2, 0) is 10.0 Å². The monoisotopic (exact) mass is 426 g/mol. The van der Waals surface area contributed by atoms with Crippen LogP contribution in [0.25, 0.3) is 10.8 Å². The molecule has 1 aliphatic heterocycles. The van der Waals surface area contributed by atoms with E-state index >= 15 is 0 Å². The van der Waals surface area contributed by atoms with Crippen molar-refractivity contribution in [3.05, 3.63) is 60.7 Å². The topological polar surface area (TPSA) is 59.1 Å².